The summed E-state index contributed by atoms with van der Waals surface area (Å²) in [6.07, 6.45) is 6.05. The quantitative estimate of drug-likeness (QED) is 0.877. The maximum atomic E-state index is 13.6. The van der Waals surface area contributed by atoms with E-state index < -0.39 is 0 Å². The lowest BCUT2D eigenvalue weighted by atomic mass is 10.2. The van der Waals surface area contributed by atoms with E-state index in [1.807, 2.05) is 13.1 Å². The average Bonchev–Trinajstić information content (AvgIpc) is 3.05. The highest BCUT2D eigenvalue weighted by atomic mass is 19.1. The Morgan fingerprint density at radius 2 is 2.24 bits per heavy atom. The Hall–Kier alpha value is -1.84. The number of hydrogen-bond acceptors (Lipinski definition) is 2. The Morgan fingerprint density at radius 1 is 1.41 bits per heavy atom. The first-order valence-electron chi connectivity index (χ1n) is 5.80. The van der Waals surface area contributed by atoms with Crippen molar-refractivity contribution in [2.75, 3.05) is 5.32 Å². The van der Waals surface area contributed by atoms with Crippen LogP contribution in [0, 0.1) is 12.7 Å². The molecule has 1 aliphatic rings. The lowest BCUT2D eigenvalue weighted by Crippen LogP contribution is -2.02. The van der Waals surface area contributed by atoms with Crippen molar-refractivity contribution >= 4 is 11.6 Å². The van der Waals surface area contributed by atoms with Gasteiger partial charge in [-0.25, -0.2) is 9.37 Å². The lowest BCUT2D eigenvalue weighted by molar-refractivity contribution is 0.630. The highest BCUT2D eigenvalue weighted by Gasteiger charge is 2.25. The molecule has 0 amide bonds. The smallest absolute Gasteiger partial charge is 0.207 e. The fourth-order valence-electron chi connectivity index (χ4n) is 1.91. The number of nitrogens with one attached hydrogen (secondary N) is 1. The molecule has 0 saturated heterocycles. The predicted molar refractivity (Wildman–Crippen MR) is 64.9 cm³/mol. The number of nitrogens with zero attached hydrogens (tertiary/aromatic N) is 2. The molecule has 0 unspecified atom stereocenters. The molecule has 1 fully saturated rings. The van der Waals surface area contributed by atoms with Gasteiger partial charge >= 0.3 is 0 Å². The van der Waals surface area contributed by atoms with Crippen molar-refractivity contribution in [3.8, 4) is 0 Å². The Kier molecular flexibility index (Phi) is 2.35. The number of halogens is 1. The molecule has 88 valence electrons. The highest BCUT2D eigenvalue weighted by molar-refractivity contribution is 5.55. The van der Waals surface area contributed by atoms with Gasteiger partial charge in [0.1, 0.15) is 5.82 Å². The molecule has 1 heterocycles. The van der Waals surface area contributed by atoms with Crippen LogP contribution in [0.3, 0.4) is 0 Å². The molecule has 3 rings (SSSR count). The molecule has 0 atom stereocenters. The van der Waals surface area contributed by atoms with Gasteiger partial charge in [-0.2, -0.15) is 0 Å². The minimum absolute atomic E-state index is 0.249. The Balaban J connectivity index is 1.90. The van der Waals surface area contributed by atoms with Gasteiger partial charge in [-0.05, 0) is 37.5 Å². The van der Waals surface area contributed by atoms with Crippen LogP contribution in [0.5, 0.6) is 0 Å². The first-order chi connectivity index (χ1) is 8.24. The standard InChI is InChI=1S/C13H14FN3/c1-9-2-5-11(14)12(8-9)16-13-15-6-7-17(13)10-3-4-10/h2,5-8,10H,3-4H2,1H3,(H,15,16). The van der Waals surface area contributed by atoms with Crippen molar-refractivity contribution in [3.05, 3.63) is 42.0 Å². The molecule has 0 radical (unpaired) electrons. The summed E-state index contributed by atoms with van der Waals surface area (Å²) in [7, 11) is 0. The second-order valence-corrected chi connectivity index (χ2v) is 4.50. The van der Waals surface area contributed by atoms with Crippen LogP contribution < -0.4 is 5.32 Å². The molecular weight excluding hydrogens is 217 g/mol. The first kappa shape index (κ1) is 10.3. The maximum absolute atomic E-state index is 13.6. The fraction of sp³-hybridized carbons (Fsp3) is 0.308. The molecule has 3 nitrogen and oxygen atoms in total. The van der Waals surface area contributed by atoms with E-state index in [1.165, 1.54) is 18.9 Å². The second-order valence-electron chi connectivity index (χ2n) is 4.50. The number of benzene rings is 1. The molecule has 1 aromatic carbocycles. The van der Waals surface area contributed by atoms with E-state index in [9.17, 15) is 4.39 Å². The summed E-state index contributed by atoms with van der Waals surface area (Å²) in [5.41, 5.74) is 1.51. The molecule has 0 aliphatic heterocycles. The Morgan fingerprint density at radius 3 is 3.00 bits per heavy atom. The summed E-state index contributed by atoms with van der Waals surface area (Å²) in [6.45, 7) is 1.94. The van der Waals surface area contributed by atoms with Crippen molar-refractivity contribution in [2.24, 2.45) is 0 Å². The zero-order valence-electron chi connectivity index (χ0n) is 9.65. The summed E-state index contributed by atoms with van der Waals surface area (Å²) in [5.74, 6) is 0.470. The van der Waals surface area contributed by atoms with Gasteiger partial charge in [0.2, 0.25) is 5.95 Å². The maximum Gasteiger partial charge on any atom is 0.207 e. The second kappa shape index (κ2) is 3.87. The first-order valence-corrected chi connectivity index (χ1v) is 5.80. The minimum atomic E-state index is -0.249. The largest absolute Gasteiger partial charge is 0.323 e. The summed E-state index contributed by atoms with van der Waals surface area (Å²) in [6, 6.07) is 5.56. The molecule has 1 aliphatic carbocycles. The van der Waals surface area contributed by atoms with Crippen LogP contribution in [0.4, 0.5) is 16.0 Å². The number of imidazole rings is 1. The number of hydrogen-bond donors (Lipinski definition) is 1. The van der Waals surface area contributed by atoms with E-state index in [1.54, 1.807) is 18.3 Å². The van der Waals surface area contributed by atoms with Gasteiger partial charge in [0.25, 0.3) is 0 Å². The van der Waals surface area contributed by atoms with Gasteiger partial charge in [-0.15, -0.1) is 0 Å². The van der Waals surface area contributed by atoms with Crippen LogP contribution in [-0.2, 0) is 0 Å². The number of anilines is 2. The van der Waals surface area contributed by atoms with Crippen molar-refractivity contribution in [2.45, 2.75) is 25.8 Å². The predicted octanol–water partition coefficient (Wildman–Crippen LogP) is 3.41. The molecule has 4 heteroatoms. The summed E-state index contributed by atoms with van der Waals surface area (Å²) in [5, 5.41) is 3.06. The van der Waals surface area contributed by atoms with E-state index in [4.69, 9.17) is 0 Å². The topological polar surface area (TPSA) is 29.9 Å². The van der Waals surface area contributed by atoms with E-state index in [-0.39, 0.29) is 5.82 Å². The molecule has 1 N–H and O–H groups in total. The Bertz CT molecular complexity index is 543. The molecule has 1 saturated carbocycles. The Labute approximate surface area is 99.3 Å². The molecule has 0 bridgehead atoms. The third-order valence-corrected chi connectivity index (χ3v) is 2.98. The van der Waals surface area contributed by atoms with Crippen molar-refractivity contribution in [1.29, 1.82) is 0 Å². The van der Waals surface area contributed by atoms with E-state index in [2.05, 4.69) is 14.9 Å². The van der Waals surface area contributed by atoms with E-state index in [0.717, 1.165) is 11.5 Å². The van der Waals surface area contributed by atoms with Crippen LogP contribution in [0.1, 0.15) is 24.4 Å². The van der Waals surface area contributed by atoms with Gasteiger partial charge in [-0.3, -0.25) is 0 Å². The van der Waals surface area contributed by atoms with Crippen molar-refractivity contribution in [3.63, 3.8) is 0 Å². The van der Waals surface area contributed by atoms with Gasteiger partial charge in [0.15, 0.2) is 0 Å². The van der Waals surface area contributed by atoms with Crippen LogP contribution >= 0.6 is 0 Å². The van der Waals surface area contributed by atoms with Crippen LogP contribution in [0.2, 0.25) is 0 Å². The number of rotatable bonds is 3. The van der Waals surface area contributed by atoms with Gasteiger partial charge in [-0.1, -0.05) is 6.07 Å². The van der Waals surface area contributed by atoms with E-state index >= 15 is 0 Å². The monoisotopic (exact) mass is 231 g/mol. The number of aromatic nitrogens is 2. The van der Waals surface area contributed by atoms with Gasteiger partial charge in [0, 0.05) is 18.4 Å². The number of aryl methyl sites for hydroxylation is 1. The summed E-state index contributed by atoms with van der Waals surface area (Å²) >= 11 is 0. The van der Waals surface area contributed by atoms with Crippen LogP contribution in [-0.4, -0.2) is 9.55 Å². The van der Waals surface area contributed by atoms with Crippen LogP contribution in [0.25, 0.3) is 0 Å². The fourth-order valence-corrected chi connectivity index (χ4v) is 1.91. The lowest BCUT2D eigenvalue weighted by Gasteiger charge is -2.10. The zero-order chi connectivity index (χ0) is 11.8. The molecule has 0 spiro atoms. The minimum Gasteiger partial charge on any atom is -0.323 e. The van der Waals surface area contributed by atoms with E-state index in [0.29, 0.717) is 11.7 Å². The SMILES string of the molecule is Cc1ccc(F)c(Nc2nccn2C2CC2)c1. The summed E-state index contributed by atoms with van der Waals surface area (Å²) < 4.78 is 15.7. The van der Waals surface area contributed by atoms with Crippen molar-refractivity contribution in [1.82, 2.24) is 9.55 Å². The normalized spacial score (nSPS) is 14.9. The molecule has 2 aromatic rings. The van der Waals surface area contributed by atoms with Gasteiger partial charge < -0.3 is 9.88 Å². The molecule has 17 heavy (non-hydrogen) atoms. The van der Waals surface area contributed by atoms with Gasteiger partial charge in [0.05, 0.1) is 5.69 Å². The average molecular weight is 231 g/mol. The van der Waals surface area contributed by atoms with Crippen LogP contribution in [0.15, 0.2) is 30.6 Å². The third-order valence-electron chi connectivity index (χ3n) is 2.98. The highest BCUT2D eigenvalue weighted by Crippen LogP contribution is 2.37. The third kappa shape index (κ3) is 2.02. The summed E-state index contributed by atoms with van der Waals surface area (Å²) in [4.78, 5) is 4.23. The zero-order valence-corrected chi connectivity index (χ0v) is 9.65. The molecular formula is C13H14FN3. The molecule has 1 aromatic heterocycles. The van der Waals surface area contributed by atoms with Crippen molar-refractivity contribution < 1.29 is 4.39 Å².